The first-order valence-corrected chi connectivity index (χ1v) is 4.92. The normalized spacial score (nSPS) is 22.7. The average Bonchev–Trinajstić information content (AvgIpc) is 2.28. The molecule has 0 radical (unpaired) electrons. The number of rotatable bonds is 0. The fourth-order valence-electron chi connectivity index (χ4n) is 1.89. The Morgan fingerprint density at radius 1 is 1.27 bits per heavy atom. The molecule has 84 valence electrons. The number of hydrogen-bond acceptors (Lipinski definition) is 3. The van der Waals surface area contributed by atoms with Crippen molar-refractivity contribution in [2.45, 2.75) is 34.6 Å². The van der Waals surface area contributed by atoms with Crippen LogP contribution in [0.25, 0.3) is 0 Å². The van der Waals surface area contributed by atoms with Crippen LogP contribution in [0.4, 0.5) is 0 Å². The highest BCUT2D eigenvalue weighted by atomic mass is 16.5. The number of carbonyl (C=O) groups is 2. The molecule has 0 saturated carbocycles. The van der Waals surface area contributed by atoms with E-state index in [2.05, 4.69) is 0 Å². The Morgan fingerprint density at radius 2 is 1.73 bits per heavy atom. The van der Waals surface area contributed by atoms with Crippen LogP contribution in [0.15, 0.2) is 11.1 Å². The maximum Gasteiger partial charge on any atom is 0.281 e. The standard InChI is InChI=1S/C11H17NO3/c1-6(2)7-8(11(3,4)5)10(14)12(15)9(7)13/h8,15H,1-5H3. The van der Waals surface area contributed by atoms with E-state index < -0.39 is 17.7 Å². The van der Waals surface area contributed by atoms with E-state index in [4.69, 9.17) is 0 Å². The predicted molar refractivity (Wildman–Crippen MR) is 55.0 cm³/mol. The molecule has 4 nitrogen and oxygen atoms in total. The Hall–Kier alpha value is -1.16. The van der Waals surface area contributed by atoms with Crippen molar-refractivity contribution in [2.75, 3.05) is 0 Å². The number of carbonyl (C=O) groups excluding carboxylic acids is 2. The van der Waals surface area contributed by atoms with Crippen molar-refractivity contribution in [3.05, 3.63) is 11.1 Å². The zero-order valence-electron chi connectivity index (χ0n) is 9.79. The molecule has 1 fully saturated rings. The number of amides is 2. The third kappa shape index (κ3) is 1.81. The van der Waals surface area contributed by atoms with Crippen LogP contribution >= 0.6 is 0 Å². The maximum atomic E-state index is 11.7. The van der Waals surface area contributed by atoms with Gasteiger partial charge < -0.3 is 0 Å². The highest BCUT2D eigenvalue weighted by Crippen LogP contribution is 2.39. The van der Waals surface area contributed by atoms with Gasteiger partial charge in [-0.05, 0) is 19.3 Å². The van der Waals surface area contributed by atoms with E-state index in [0.29, 0.717) is 5.57 Å². The second-order valence-corrected chi connectivity index (χ2v) is 5.17. The summed E-state index contributed by atoms with van der Waals surface area (Å²) in [4.78, 5) is 23.3. The SMILES string of the molecule is CC(C)=C1C(=O)N(O)C(=O)C1C(C)(C)C. The zero-order chi connectivity index (χ0) is 12.0. The zero-order valence-corrected chi connectivity index (χ0v) is 9.79. The van der Waals surface area contributed by atoms with E-state index in [0.717, 1.165) is 5.57 Å². The molecular formula is C11H17NO3. The van der Waals surface area contributed by atoms with Gasteiger partial charge >= 0.3 is 0 Å². The number of hydrogen-bond donors (Lipinski definition) is 1. The van der Waals surface area contributed by atoms with Crippen LogP contribution < -0.4 is 0 Å². The molecule has 1 rings (SSSR count). The van der Waals surface area contributed by atoms with Crippen molar-refractivity contribution in [1.29, 1.82) is 0 Å². The van der Waals surface area contributed by atoms with Gasteiger partial charge in [0.05, 0.1) is 5.92 Å². The molecule has 2 amide bonds. The second kappa shape index (κ2) is 3.45. The van der Waals surface area contributed by atoms with Crippen molar-refractivity contribution >= 4 is 11.8 Å². The quantitative estimate of drug-likeness (QED) is 0.377. The summed E-state index contributed by atoms with van der Waals surface area (Å²) >= 11 is 0. The average molecular weight is 211 g/mol. The van der Waals surface area contributed by atoms with Gasteiger partial charge in [-0.25, -0.2) is 0 Å². The fourth-order valence-corrected chi connectivity index (χ4v) is 1.89. The van der Waals surface area contributed by atoms with Crippen molar-refractivity contribution in [3.63, 3.8) is 0 Å². The van der Waals surface area contributed by atoms with Crippen LogP contribution in [0, 0.1) is 11.3 Å². The van der Waals surface area contributed by atoms with Crippen molar-refractivity contribution in [1.82, 2.24) is 5.06 Å². The molecule has 1 heterocycles. The van der Waals surface area contributed by atoms with Gasteiger partial charge in [0.15, 0.2) is 0 Å². The minimum absolute atomic E-state index is 0.234. The summed E-state index contributed by atoms with van der Waals surface area (Å²) in [5, 5.41) is 9.55. The number of imide groups is 1. The summed E-state index contributed by atoms with van der Waals surface area (Å²) in [6.07, 6.45) is 0. The molecule has 1 atom stereocenters. The molecule has 0 bridgehead atoms. The van der Waals surface area contributed by atoms with E-state index in [1.807, 2.05) is 20.8 Å². The van der Waals surface area contributed by atoms with Crippen LogP contribution in [-0.2, 0) is 9.59 Å². The monoisotopic (exact) mass is 211 g/mol. The Labute approximate surface area is 89.5 Å². The van der Waals surface area contributed by atoms with Crippen LogP contribution in [-0.4, -0.2) is 22.1 Å². The van der Waals surface area contributed by atoms with Crippen LogP contribution in [0.5, 0.6) is 0 Å². The lowest BCUT2D eigenvalue weighted by Gasteiger charge is -2.25. The number of nitrogens with zero attached hydrogens (tertiary/aromatic N) is 1. The van der Waals surface area contributed by atoms with E-state index in [1.54, 1.807) is 13.8 Å². The van der Waals surface area contributed by atoms with Crippen LogP contribution in [0.1, 0.15) is 34.6 Å². The van der Waals surface area contributed by atoms with Gasteiger partial charge in [0.1, 0.15) is 0 Å². The topological polar surface area (TPSA) is 57.6 Å². The molecule has 0 spiro atoms. The van der Waals surface area contributed by atoms with Crippen molar-refractivity contribution < 1.29 is 14.8 Å². The Kier molecular flexibility index (Phi) is 2.74. The summed E-state index contributed by atoms with van der Waals surface area (Å²) in [7, 11) is 0. The largest absolute Gasteiger partial charge is 0.281 e. The Balaban J connectivity index is 3.32. The molecule has 0 aromatic rings. The molecule has 1 aliphatic rings. The number of hydroxylamine groups is 2. The molecule has 1 N–H and O–H groups in total. The first-order valence-electron chi connectivity index (χ1n) is 4.92. The molecular weight excluding hydrogens is 194 g/mol. The van der Waals surface area contributed by atoms with Crippen molar-refractivity contribution in [2.24, 2.45) is 11.3 Å². The molecule has 0 aliphatic carbocycles. The third-order valence-corrected chi connectivity index (χ3v) is 2.57. The minimum Gasteiger partial charge on any atom is -0.278 e. The lowest BCUT2D eigenvalue weighted by Crippen LogP contribution is -2.31. The summed E-state index contributed by atoms with van der Waals surface area (Å²) in [5.74, 6) is -1.65. The molecule has 1 aliphatic heterocycles. The second-order valence-electron chi connectivity index (χ2n) is 5.17. The van der Waals surface area contributed by atoms with E-state index >= 15 is 0 Å². The summed E-state index contributed by atoms with van der Waals surface area (Å²) in [6.45, 7) is 9.19. The molecule has 0 aromatic heterocycles. The Morgan fingerprint density at radius 3 is 2.00 bits per heavy atom. The van der Waals surface area contributed by atoms with Crippen molar-refractivity contribution in [3.8, 4) is 0 Å². The van der Waals surface area contributed by atoms with Gasteiger partial charge in [0, 0.05) is 5.57 Å². The first-order chi connectivity index (χ1) is 6.68. The summed E-state index contributed by atoms with van der Waals surface area (Å²) in [5.41, 5.74) is 0.844. The maximum absolute atomic E-state index is 11.7. The third-order valence-electron chi connectivity index (χ3n) is 2.57. The number of allylic oxidation sites excluding steroid dienone is 1. The lowest BCUT2D eigenvalue weighted by molar-refractivity contribution is -0.172. The molecule has 4 heteroatoms. The molecule has 0 aromatic carbocycles. The molecule has 1 saturated heterocycles. The van der Waals surface area contributed by atoms with E-state index in [-0.39, 0.29) is 10.5 Å². The van der Waals surface area contributed by atoms with Gasteiger partial charge in [-0.1, -0.05) is 26.3 Å². The fraction of sp³-hybridized carbons (Fsp3) is 0.636. The van der Waals surface area contributed by atoms with Gasteiger partial charge in [0.2, 0.25) is 0 Å². The van der Waals surface area contributed by atoms with Crippen LogP contribution in [0.3, 0.4) is 0 Å². The van der Waals surface area contributed by atoms with Crippen LogP contribution in [0.2, 0.25) is 0 Å². The predicted octanol–water partition coefficient (Wildman–Crippen LogP) is 1.74. The minimum atomic E-state index is -0.583. The van der Waals surface area contributed by atoms with E-state index in [1.165, 1.54) is 0 Å². The summed E-state index contributed by atoms with van der Waals surface area (Å²) in [6, 6.07) is 0. The molecule has 15 heavy (non-hydrogen) atoms. The Bertz CT molecular complexity index is 345. The van der Waals surface area contributed by atoms with Gasteiger partial charge in [-0.3, -0.25) is 14.8 Å². The highest BCUT2D eigenvalue weighted by Gasteiger charge is 2.49. The van der Waals surface area contributed by atoms with Gasteiger partial charge in [0.25, 0.3) is 11.8 Å². The highest BCUT2D eigenvalue weighted by molar-refractivity contribution is 6.14. The lowest BCUT2D eigenvalue weighted by atomic mass is 9.76. The van der Waals surface area contributed by atoms with Gasteiger partial charge in [-0.15, -0.1) is 0 Å². The summed E-state index contributed by atoms with van der Waals surface area (Å²) < 4.78 is 0. The smallest absolute Gasteiger partial charge is 0.278 e. The molecule has 1 unspecified atom stereocenters. The van der Waals surface area contributed by atoms with Gasteiger partial charge in [-0.2, -0.15) is 5.06 Å². The van der Waals surface area contributed by atoms with E-state index in [9.17, 15) is 14.8 Å². The first kappa shape index (κ1) is 11.9.